The zero-order valence-corrected chi connectivity index (χ0v) is 15.3. The van der Waals surface area contributed by atoms with Gasteiger partial charge in [0, 0.05) is 25.0 Å². The topological polar surface area (TPSA) is 87.9 Å². The molecule has 0 radical (unpaired) electrons. The summed E-state index contributed by atoms with van der Waals surface area (Å²) in [5.41, 5.74) is 1.03. The number of hydrogen-bond donors (Lipinski definition) is 1. The van der Waals surface area contributed by atoms with Gasteiger partial charge in [-0.25, -0.2) is 4.98 Å². The van der Waals surface area contributed by atoms with Crippen LogP contribution in [0.5, 0.6) is 0 Å². The summed E-state index contributed by atoms with van der Waals surface area (Å²) in [6.07, 6.45) is 4.54. The van der Waals surface area contributed by atoms with E-state index in [0.29, 0.717) is 34.5 Å². The highest BCUT2D eigenvalue weighted by Gasteiger charge is 2.33. The minimum Gasteiger partial charge on any atom is -0.357 e. The van der Waals surface area contributed by atoms with Crippen molar-refractivity contribution < 1.29 is 13.7 Å². The third-order valence-electron chi connectivity index (χ3n) is 4.80. The first-order valence-electron chi connectivity index (χ1n) is 8.61. The van der Waals surface area contributed by atoms with Gasteiger partial charge in [-0.3, -0.25) is 4.79 Å². The molecule has 1 aliphatic heterocycles. The molecule has 1 amide bonds. The monoisotopic (exact) mass is 389 g/mol. The summed E-state index contributed by atoms with van der Waals surface area (Å²) in [6, 6.07) is 4.41. The Balaban J connectivity index is 1.53. The van der Waals surface area contributed by atoms with E-state index in [1.807, 2.05) is 6.92 Å². The summed E-state index contributed by atoms with van der Waals surface area (Å²) in [5, 5.41) is 4.56. The van der Waals surface area contributed by atoms with Crippen molar-refractivity contribution in [3.05, 3.63) is 53.0 Å². The highest BCUT2D eigenvalue weighted by molar-refractivity contribution is 6.30. The molecule has 0 saturated carbocycles. The van der Waals surface area contributed by atoms with Gasteiger partial charge in [0.25, 0.3) is 5.91 Å². The molecule has 3 aromatic heterocycles. The Labute approximate surface area is 159 Å². The van der Waals surface area contributed by atoms with Crippen LogP contribution in [0.25, 0.3) is 11.5 Å². The number of H-pyrrole nitrogens is 1. The summed E-state index contributed by atoms with van der Waals surface area (Å²) in [6.45, 7) is 2.44. The number of nitrogens with one attached hydrogen (secondary N) is 1. The summed E-state index contributed by atoms with van der Waals surface area (Å²) in [7, 11) is 0. The van der Waals surface area contributed by atoms with E-state index in [4.69, 9.17) is 16.1 Å². The second-order valence-electron chi connectivity index (χ2n) is 6.64. The van der Waals surface area contributed by atoms with Gasteiger partial charge in [0.15, 0.2) is 0 Å². The van der Waals surface area contributed by atoms with Crippen molar-refractivity contribution in [2.75, 3.05) is 6.54 Å². The van der Waals surface area contributed by atoms with E-state index in [0.717, 1.165) is 12.8 Å². The van der Waals surface area contributed by atoms with E-state index in [1.54, 1.807) is 17.2 Å². The molecule has 2 atom stereocenters. The van der Waals surface area contributed by atoms with E-state index >= 15 is 0 Å². The van der Waals surface area contributed by atoms with Gasteiger partial charge in [-0.05, 0) is 38.0 Å². The lowest BCUT2D eigenvalue weighted by atomic mass is 9.92. The minimum atomic E-state index is -0.612. The SMILES string of the molecule is C[C@@H]1CC[C@H](c2nc(-c3cc(Cl)c[nH]3)no2)CN1C(=O)c1ccc(F)nc1. The lowest BCUT2D eigenvalue weighted by molar-refractivity contribution is 0.0593. The molecule has 0 spiro atoms. The normalized spacial score (nSPS) is 20.0. The van der Waals surface area contributed by atoms with Crippen molar-refractivity contribution in [1.82, 2.24) is 25.0 Å². The molecular weight excluding hydrogens is 373 g/mol. The van der Waals surface area contributed by atoms with E-state index in [2.05, 4.69) is 20.1 Å². The predicted octanol–water partition coefficient (Wildman–Crippen LogP) is 3.66. The van der Waals surface area contributed by atoms with Crippen molar-refractivity contribution in [2.45, 2.75) is 31.7 Å². The largest absolute Gasteiger partial charge is 0.357 e. The number of carbonyl (C=O) groups is 1. The van der Waals surface area contributed by atoms with Gasteiger partial charge in [0.05, 0.1) is 22.2 Å². The Hall–Kier alpha value is -2.74. The molecule has 0 unspecified atom stereocenters. The third-order valence-corrected chi connectivity index (χ3v) is 5.02. The fraction of sp³-hybridized carbons (Fsp3) is 0.333. The highest BCUT2D eigenvalue weighted by atomic mass is 35.5. The molecule has 1 aliphatic rings. The molecule has 0 bridgehead atoms. The Morgan fingerprint density at radius 3 is 2.96 bits per heavy atom. The van der Waals surface area contributed by atoms with Crippen LogP contribution in [-0.2, 0) is 0 Å². The van der Waals surface area contributed by atoms with E-state index in [1.165, 1.54) is 18.3 Å². The number of pyridine rings is 1. The maximum atomic E-state index is 13.0. The van der Waals surface area contributed by atoms with Crippen LogP contribution in [0.3, 0.4) is 0 Å². The van der Waals surface area contributed by atoms with Gasteiger partial charge in [0.2, 0.25) is 17.7 Å². The average molecular weight is 390 g/mol. The van der Waals surface area contributed by atoms with E-state index in [-0.39, 0.29) is 17.9 Å². The van der Waals surface area contributed by atoms with Crippen LogP contribution >= 0.6 is 11.6 Å². The van der Waals surface area contributed by atoms with Gasteiger partial charge in [-0.2, -0.15) is 9.37 Å². The second kappa shape index (κ2) is 7.11. The highest BCUT2D eigenvalue weighted by Crippen LogP contribution is 2.31. The van der Waals surface area contributed by atoms with Gasteiger partial charge < -0.3 is 14.4 Å². The lowest BCUT2D eigenvalue weighted by Gasteiger charge is -2.36. The van der Waals surface area contributed by atoms with Crippen molar-refractivity contribution in [3.63, 3.8) is 0 Å². The third kappa shape index (κ3) is 3.57. The molecule has 1 fully saturated rings. The number of carbonyl (C=O) groups excluding carboxylic acids is 1. The molecule has 0 aliphatic carbocycles. The number of piperidine rings is 1. The molecule has 1 saturated heterocycles. The molecule has 4 heterocycles. The number of aromatic nitrogens is 4. The van der Waals surface area contributed by atoms with E-state index < -0.39 is 5.95 Å². The van der Waals surface area contributed by atoms with Crippen LogP contribution in [0.15, 0.2) is 35.1 Å². The predicted molar refractivity (Wildman–Crippen MR) is 95.8 cm³/mol. The van der Waals surface area contributed by atoms with Crippen LogP contribution in [0.1, 0.15) is 41.9 Å². The number of nitrogens with zero attached hydrogens (tertiary/aromatic N) is 4. The van der Waals surface area contributed by atoms with Gasteiger partial charge in [-0.1, -0.05) is 16.8 Å². The zero-order valence-electron chi connectivity index (χ0n) is 14.5. The van der Waals surface area contributed by atoms with Crippen molar-refractivity contribution in [3.8, 4) is 11.5 Å². The number of halogens is 2. The van der Waals surface area contributed by atoms with Crippen molar-refractivity contribution in [2.24, 2.45) is 0 Å². The van der Waals surface area contributed by atoms with E-state index in [9.17, 15) is 9.18 Å². The summed E-state index contributed by atoms with van der Waals surface area (Å²) in [4.78, 5) is 25.6. The van der Waals surface area contributed by atoms with Crippen LogP contribution in [0.2, 0.25) is 5.02 Å². The first kappa shape index (κ1) is 17.7. The Kier molecular flexibility index (Phi) is 4.65. The van der Waals surface area contributed by atoms with Crippen LogP contribution < -0.4 is 0 Å². The lowest BCUT2D eigenvalue weighted by Crippen LogP contribution is -2.45. The Bertz CT molecular complexity index is 955. The molecule has 140 valence electrons. The maximum Gasteiger partial charge on any atom is 0.255 e. The summed E-state index contributed by atoms with van der Waals surface area (Å²) >= 11 is 5.91. The molecule has 1 N–H and O–H groups in total. The quantitative estimate of drug-likeness (QED) is 0.690. The number of rotatable bonds is 3. The van der Waals surface area contributed by atoms with Gasteiger partial charge in [0.1, 0.15) is 0 Å². The number of amides is 1. The standard InChI is InChI=1S/C18H17ClFN5O2/c1-10-2-3-12(9-25(10)18(26)11-4-5-15(20)22-7-11)17-23-16(24-27-17)14-6-13(19)8-21-14/h4-8,10,12,21H,2-3,9H2,1H3/t10-,12+/m1/s1. The first-order chi connectivity index (χ1) is 13.0. The Morgan fingerprint density at radius 1 is 1.41 bits per heavy atom. The molecule has 4 rings (SSSR count). The average Bonchev–Trinajstić information content (AvgIpc) is 3.31. The molecule has 27 heavy (non-hydrogen) atoms. The van der Waals surface area contributed by atoms with Crippen LogP contribution in [0, 0.1) is 5.95 Å². The molecular formula is C18H17ClFN5O2. The number of likely N-dealkylation sites (tertiary alicyclic amines) is 1. The maximum absolute atomic E-state index is 13.0. The van der Waals surface area contributed by atoms with Crippen LogP contribution in [0.4, 0.5) is 4.39 Å². The van der Waals surface area contributed by atoms with Gasteiger partial charge >= 0.3 is 0 Å². The first-order valence-corrected chi connectivity index (χ1v) is 8.99. The summed E-state index contributed by atoms with van der Waals surface area (Å²) in [5.74, 6) is 0.0496. The Morgan fingerprint density at radius 2 is 2.26 bits per heavy atom. The molecule has 9 heteroatoms. The molecule has 0 aromatic carbocycles. The summed E-state index contributed by atoms with van der Waals surface area (Å²) < 4.78 is 18.5. The minimum absolute atomic E-state index is 0.0587. The fourth-order valence-electron chi connectivity index (χ4n) is 3.27. The van der Waals surface area contributed by atoms with Crippen molar-refractivity contribution in [1.29, 1.82) is 0 Å². The smallest absolute Gasteiger partial charge is 0.255 e. The fourth-order valence-corrected chi connectivity index (χ4v) is 3.43. The van der Waals surface area contributed by atoms with Crippen LogP contribution in [-0.4, -0.2) is 43.5 Å². The van der Waals surface area contributed by atoms with Crippen molar-refractivity contribution >= 4 is 17.5 Å². The second-order valence-corrected chi connectivity index (χ2v) is 7.07. The number of aromatic amines is 1. The molecule has 7 nitrogen and oxygen atoms in total. The number of hydrogen-bond acceptors (Lipinski definition) is 5. The van der Waals surface area contributed by atoms with Gasteiger partial charge in [-0.15, -0.1) is 0 Å². The zero-order chi connectivity index (χ0) is 19.0. The molecule has 3 aromatic rings.